The summed E-state index contributed by atoms with van der Waals surface area (Å²) in [5.74, 6) is -0.590. The molecule has 4 heterocycles. The molecule has 0 saturated heterocycles. The maximum absolute atomic E-state index is 15.2. The minimum absolute atomic E-state index is 0.0150. The summed E-state index contributed by atoms with van der Waals surface area (Å²) in [4.78, 5) is 29.6. The largest absolute Gasteiger partial charge is 0.434 e. The summed E-state index contributed by atoms with van der Waals surface area (Å²) in [7, 11) is 0. The number of carbonyl (C=O) groups excluding carboxylic acids is 2. The van der Waals surface area contributed by atoms with Gasteiger partial charge in [0.1, 0.15) is 23.2 Å². The number of hydrogen-bond acceptors (Lipinski definition) is 5. The Kier molecular flexibility index (Phi) is 6.60. The monoisotopic (exact) mass is 543 g/mol. The van der Waals surface area contributed by atoms with E-state index < -0.39 is 17.7 Å². The van der Waals surface area contributed by atoms with Gasteiger partial charge in [0.2, 0.25) is 5.91 Å². The van der Waals surface area contributed by atoms with Crippen molar-refractivity contribution in [1.29, 1.82) is 0 Å². The Morgan fingerprint density at radius 3 is 2.59 bits per heavy atom. The van der Waals surface area contributed by atoms with E-state index in [1.165, 1.54) is 27.8 Å². The molecule has 1 aromatic carbocycles. The number of carbonyl (C=O) groups is 2. The minimum atomic E-state index is -4.65. The van der Waals surface area contributed by atoms with Crippen molar-refractivity contribution in [2.75, 3.05) is 4.90 Å². The van der Waals surface area contributed by atoms with Crippen molar-refractivity contribution >= 4 is 18.0 Å². The molecule has 0 unspecified atom stereocenters. The molecule has 4 aromatic rings. The van der Waals surface area contributed by atoms with E-state index in [2.05, 4.69) is 15.2 Å². The molecule has 0 bridgehead atoms. The fourth-order valence-electron chi connectivity index (χ4n) is 4.69. The van der Waals surface area contributed by atoms with Crippen molar-refractivity contribution in [2.45, 2.75) is 59.0 Å². The predicted octanol–water partition coefficient (Wildman–Crippen LogP) is 5.12. The molecule has 0 atom stereocenters. The van der Waals surface area contributed by atoms with Crippen LogP contribution in [0.2, 0.25) is 0 Å². The summed E-state index contributed by atoms with van der Waals surface area (Å²) in [5.41, 5.74) is 0.654. The second-order valence-electron chi connectivity index (χ2n) is 9.49. The van der Waals surface area contributed by atoms with Crippen LogP contribution in [0.25, 0.3) is 22.8 Å². The van der Waals surface area contributed by atoms with Crippen LogP contribution >= 0.6 is 0 Å². The van der Waals surface area contributed by atoms with Gasteiger partial charge in [-0.05, 0) is 38.5 Å². The maximum atomic E-state index is 15.2. The Bertz CT molecular complexity index is 1560. The first kappa shape index (κ1) is 26.3. The van der Waals surface area contributed by atoms with Gasteiger partial charge in [0.25, 0.3) is 0 Å². The molecule has 0 fully saturated rings. The zero-order valence-corrected chi connectivity index (χ0v) is 21.4. The van der Waals surface area contributed by atoms with E-state index in [-0.39, 0.29) is 42.8 Å². The van der Waals surface area contributed by atoms with Gasteiger partial charge in [-0.15, -0.1) is 0 Å². The number of rotatable bonds is 7. The van der Waals surface area contributed by atoms with Gasteiger partial charge in [-0.25, -0.2) is 14.1 Å². The molecule has 39 heavy (non-hydrogen) atoms. The van der Waals surface area contributed by atoms with Crippen molar-refractivity contribution < 1.29 is 27.2 Å². The third-order valence-electron chi connectivity index (χ3n) is 6.58. The summed E-state index contributed by atoms with van der Waals surface area (Å²) >= 11 is 0. The van der Waals surface area contributed by atoms with Crippen LogP contribution in [0.5, 0.6) is 0 Å². The first-order chi connectivity index (χ1) is 18.5. The van der Waals surface area contributed by atoms with E-state index in [9.17, 15) is 22.8 Å². The van der Waals surface area contributed by atoms with Gasteiger partial charge in [0.05, 0.1) is 36.1 Å². The quantitative estimate of drug-likeness (QED) is 0.239. The van der Waals surface area contributed by atoms with Crippen LogP contribution in [-0.2, 0) is 30.6 Å². The lowest BCUT2D eigenvalue weighted by Crippen LogP contribution is -2.36. The molecular weight excluding hydrogens is 518 g/mol. The number of aromatic nitrogens is 6. The highest BCUT2D eigenvalue weighted by Crippen LogP contribution is 2.34. The number of benzene rings is 1. The first-order valence-corrected chi connectivity index (χ1v) is 12.4. The average molecular weight is 544 g/mol. The maximum Gasteiger partial charge on any atom is 0.434 e. The topological polar surface area (TPSA) is 90.8 Å². The fraction of sp³-hybridized carbons (Fsp3) is 0.346. The molecule has 0 N–H and O–H groups in total. The first-order valence-electron chi connectivity index (χ1n) is 12.4. The lowest BCUT2D eigenvalue weighted by atomic mass is 10.1. The van der Waals surface area contributed by atoms with Crippen LogP contribution in [0.15, 0.2) is 36.7 Å². The normalized spacial score (nSPS) is 13.8. The summed E-state index contributed by atoms with van der Waals surface area (Å²) in [6.07, 6.45) is -1.45. The molecule has 1 aliphatic heterocycles. The Labute approximate surface area is 220 Å². The number of amides is 1. The zero-order chi connectivity index (χ0) is 28.1. The summed E-state index contributed by atoms with van der Waals surface area (Å²) in [6, 6.07) is 5.78. The highest BCUT2D eigenvalue weighted by molar-refractivity contribution is 5.94. The van der Waals surface area contributed by atoms with E-state index in [1.54, 1.807) is 28.4 Å². The van der Waals surface area contributed by atoms with Gasteiger partial charge >= 0.3 is 6.18 Å². The van der Waals surface area contributed by atoms with Gasteiger partial charge in [0.15, 0.2) is 12.0 Å². The zero-order valence-electron chi connectivity index (χ0n) is 21.4. The van der Waals surface area contributed by atoms with E-state index in [0.717, 1.165) is 6.20 Å². The highest BCUT2D eigenvalue weighted by Gasteiger charge is 2.35. The van der Waals surface area contributed by atoms with Crippen molar-refractivity contribution in [3.63, 3.8) is 0 Å². The molecule has 204 valence electrons. The lowest BCUT2D eigenvalue weighted by molar-refractivity contribution is -0.140. The number of halogens is 4. The number of fused-ring (bicyclic) bond motifs is 1. The molecule has 5 rings (SSSR count). The molecule has 9 nitrogen and oxygen atoms in total. The van der Waals surface area contributed by atoms with Crippen molar-refractivity contribution in [1.82, 2.24) is 29.1 Å². The smallest absolute Gasteiger partial charge is 0.331 e. The number of anilines is 1. The van der Waals surface area contributed by atoms with Gasteiger partial charge in [0, 0.05) is 31.3 Å². The van der Waals surface area contributed by atoms with Crippen molar-refractivity contribution in [3.8, 4) is 22.8 Å². The molecular formula is C26H25F4N7O2. The molecule has 13 heteroatoms. The standard InChI is InChI=1S/C26H25F4N7O2/c1-4-34-13-21(26(28,29)30)32-25(34)18-6-5-16(9-19(18)27)12-35-22-10-20(33-36(22)8-7-23(35)39)24-17(14-38)11-31-37(24)15(2)3/h5-6,9-11,13-15H,4,7-8,12H2,1-3H3. The van der Waals surface area contributed by atoms with Crippen LogP contribution in [-0.4, -0.2) is 41.3 Å². The molecule has 0 aliphatic carbocycles. The van der Waals surface area contributed by atoms with Gasteiger partial charge < -0.3 is 4.57 Å². The summed E-state index contributed by atoms with van der Waals surface area (Å²) in [5, 5.41) is 8.90. The van der Waals surface area contributed by atoms with Crippen molar-refractivity contribution in [2.24, 2.45) is 0 Å². The Balaban J connectivity index is 1.47. The Hall–Kier alpha value is -4.29. The number of alkyl halides is 3. The molecule has 3 aromatic heterocycles. The van der Waals surface area contributed by atoms with Crippen LogP contribution < -0.4 is 4.90 Å². The van der Waals surface area contributed by atoms with E-state index >= 15 is 4.39 Å². The van der Waals surface area contributed by atoms with E-state index in [0.29, 0.717) is 41.2 Å². The Morgan fingerprint density at radius 2 is 1.95 bits per heavy atom. The van der Waals surface area contributed by atoms with Crippen LogP contribution in [0.3, 0.4) is 0 Å². The van der Waals surface area contributed by atoms with Gasteiger partial charge in [-0.3, -0.25) is 19.2 Å². The number of hydrogen-bond donors (Lipinski definition) is 0. The summed E-state index contributed by atoms with van der Waals surface area (Å²) < 4.78 is 59.3. The van der Waals surface area contributed by atoms with Crippen LogP contribution in [0.4, 0.5) is 23.4 Å². The third kappa shape index (κ3) is 4.72. The second kappa shape index (κ2) is 9.79. The number of nitrogens with zero attached hydrogens (tertiary/aromatic N) is 7. The van der Waals surface area contributed by atoms with Crippen molar-refractivity contribution in [3.05, 3.63) is 59.3 Å². The van der Waals surface area contributed by atoms with Gasteiger partial charge in [-0.1, -0.05) is 6.07 Å². The van der Waals surface area contributed by atoms with Crippen LogP contribution in [0, 0.1) is 5.82 Å². The second-order valence-corrected chi connectivity index (χ2v) is 9.49. The predicted molar refractivity (Wildman–Crippen MR) is 133 cm³/mol. The van der Waals surface area contributed by atoms with Gasteiger partial charge in [-0.2, -0.15) is 23.4 Å². The lowest BCUT2D eigenvalue weighted by Gasteiger charge is -2.27. The number of aryl methyl sites for hydroxylation is 2. The van der Waals surface area contributed by atoms with Crippen LogP contribution in [0.1, 0.15) is 54.8 Å². The SMILES string of the molecule is CCn1cc(C(F)(F)F)nc1-c1ccc(CN2C(=O)CCn3nc(-c4c(C=O)cnn4C(C)C)cc32)cc1F. The highest BCUT2D eigenvalue weighted by atomic mass is 19.4. The van der Waals surface area contributed by atoms with E-state index in [4.69, 9.17) is 0 Å². The third-order valence-corrected chi connectivity index (χ3v) is 6.58. The Morgan fingerprint density at radius 1 is 1.18 bits per heavy atom. The average Bonchev–Trinajstić information content (AvgIpc) is 3.61. The molecule has 0 spiro atoms. The van der Waals surface area contributed by atoms with E-state index in [1.807, 2.05) is 13.8 Å². The number of aldehydes is 1. The molecule has 0 radical (unpaired) electrons. The molecule has 0 saturated carbocycles. The summed E-state index contributed by atoms with van der Waals surface area (Å²) in [6.45, 7) is 6.02. The fourth-order valence-corrected chi connectivity index (χ4v) is 4.69. The molecule has 1 amide bonds. The number of imidazole rings is 1. The minimum Gasteiger partial charge on any atom is -0.331 e. The molecule has 1 aliphatic rings.